The van der Waals surface area contributed by atoms with Crippen LogP contribution in [0.2, 0.25) is 0 Å². The summed E-state index contributed by atoms with van der Waals surface area (Å²) in [5.41, 5.74) is 5.89. The van der Waals surface area contributed by atoms with Crippen molar-refractivity contribution in [2.75, 3.05) is 4.90 Å². The number of carbonyl (C=O) groups is 2. The molecule has 0 saturated carbocycles. The maximum atomic E-state index is 13.6. The highest BCUT2D eigenvalue weighted by Gasteiger charge is 2.41. The first-order chi connectivity index (χ1) is 14.4. The van der Waals surface area contributed by atoms with E-state index in [4.69, 9.17) is 4.42 Å². The van der Waals surface area contributed by atoms with Crippen LogP contribution >= 0.6 is 11.8 Å². The number of furan rings is 1. The van der Waals surface area contributed by atoms with Gasteiger partial charge in [-0.05, 0) is 68.1 Å². The van der Waals surface area contributed by atoms with Gasteiger partial charge in [0.05, 0.1) is 28.2 Å². The minimum absolute atomic E-state index is 0.275. The van der Waals surface area contributed by atoms with Crippen molar-refractivity contribution < 1.29 is 14.0 Å². The van der Waals surface area contributed by atoms with E-state index in [1.54, 1.807) is 6.26 Å². The lowest BCUT2D eigenvalue weighted by atomic mass is 9.98. The lowest BCUT2D eigenvalue weighted by molar-refractivity contribution is -0.119. The highest BCUT2D eigenvalue weighted by Crippen LogP contribution is 2.41. The van der Waals surface area contributed by atoms with Crippen LogP contribution in [0.1, 0.15) is 33.6 Å². The first-order valence-electron chi connectivity index (χ1n) is 9.80. The molecule has 4 nitrogen and oxygen atoms in total. The minimum atomic E-state index is -0.278. The van der Waals surface area contributed by atoms with Crippen molar-refractivity contribution in [2.24, 2.45) is 0 Å². The van der Waals surface area contributed by atoms with E-state index in [1.807, 2.05) is 76.2 Å². The van der Waals surface area contributed by atoms with Crippen LogP contribution in [0.3, 0.4) is 0 Å². The lowest BCUT2D eigenvalue weighted by Crippen LogP contribution is -2.32. The first-order valence-corrected chi connectivity index (χ1v) is 10.8. The second-order valence-electron chi connectivity index (χ2n) is 7.63. The topological polar surface area (TPSA) is 50.5 Å². The molecule has 1 aliphatic rings. The maximum absolute atomic E-state index is 13.6. The van der Waals surface area contributed by atoms with Crippen LogP contribution in [0.5, 0.6) is 0 Å². The lowest BCUT2D eigenvalue weighted by Gasteiger charge is -2.18. The summed E-state index contributed by atoms with van der Waals surface area (Å²) in [6.07, 6.45) is 1.61. The van der Waals surface area contributed by atoms with Crippen LogP contribution in [0, 0.1) is 27.7 Å². The number of thioether (sulfide) groups is 1. The highest BCUT2D eigenvalue weighted by molar-refractivity contribution is 8.03. The fourth-order valence-electron chi connectivity index (χ4n) is 3.69. The summed E-state index contributed by atoms with van der Waals surface area (Å²) in [4.78, 5) is 28.9. The van der Waals surface area contributed by atoms with Crippen molar-refractivity contribution in [3.8, 4) is 0 Å². The van der Waals surface area contributed by atoms with E-state index in [9.17, 15) is 9.59 Å². The normalized spacial score (nSPS) is 14.2. The summed E-state index contributed by atoms with van der Waals surface area (Å²) in [6.45, 7) is 7.86. The van der Waals surface area contributed by atoms with Gasteiger partial charge in [-0.25, -0.2) is 4.90 Å². The Kier molecular flexibility index (Phi) is 5.39. The van der Waals surface area contributed by atoms with E-state index in [1.165, 1.54) is 16.7 Å². The summed E-state index contributed by atoms with van der Waals surface area (Å²) in [6, 6.07) is 15.5. The van der Waals surface area contributed by atoms with Gasteiger partial charge in [0, 0.05) is 0 Å². The molecule has 30 heavy (non-hydrogen) atoms. The number of rotatable bonds is 5. The zero-order valence-corrected chi connectivity index (χ0v) is 18.3. The Morgan fingerprint density at radius 1 is 0.867 bits per heavy atom. The second-order valence-corrected chi connectivity index (χ2v) is 8.61. The van der Waals surface area contributed by atoms with Gasteiger partial charge in [-0.1, -0.05) is 35.9 Å². The molecule has 4 rings (SSSR count). The molecule has 0 radical (unpaired) electrons. The zero-order valence-electron chi connectivity index (χ0n) is 17.5. The predicted molar refractivity (Wildman–Crippen MR) is 121 cm³/mol. The van der Waals surface area contributed by atoms with Crippen molar-refractivity contribution in [3.63, 3.8) is 0 Å². The number of aryl methyl sites for hydroxylation is 4. The molecule has 1 aromatic heterocycles. The Morgan fingerprint density at radius 3 is 2.30 bits per heavy atom. The van der Waals surface area contributed by atoms with Gasteiger partial charge in [-0.15, -0.1) is 11.8 Å². The Bertz CT molecular complexity index is 1180. The number of carbonyl (C=O) groups excluding carboxylic acids is 2. The maximum Gasteiger partial charge on any atom is 0.272 e. The Balaban J connectivity index is 1.82. The molecular weight excluding hydrogens is 394 g/mol. The number of hydrogen-bond donors (Lipinski definition) is 0. The Hall–Kier alpha value is -3.05. The molecule has 0 spiro atoms. The summed E-state index contributed by atoms with van der Waals surface area (Å²) in [7, 11) is 0. The zero-order chi connectivity index (χ0) is 21.4. The quantitative estimate of drug-likeness (QED) is 0.497. The predicted octanol–water partition coefficient (Wildman–Crippen LogP) is 5.73. The number of imide groups is 1. The monoisotopic (exact) mass is 417 g/mol. The van der Waals surface area contributed by atoms with Gasteiger partial charge in [0.1, 0.15) is 5.76 Å². The molecule has 5 heteroatoms. The number of anilines is 1. The molecule has 1 aliphatic heterocycles. The molecule has 2 amide bonds. The van der Waals surface area contributed by atoms with Crippen LogP contribution in [0.4, 0.5) is 5.69 Å². The molecular formula is C25H23NO3S. The molecule has 0 fully saturated rings. The van der Waals surface area contributed by atoms with Crippen LogP contribution in [0.15, 0.2) is 64.1 Å². The van der Waals surface area contributed by atoms with E-state index >= 15 is 0 Å². The minimum Gasteiger partial charge on any atom is -0.468 e. The van der Waals surface area contributed by atoms with Crippen LogP contribution in [-0.4, -0.2) is 11.8 Å². The standard InChI is InChI=1S/C25H23NO3S/c1-15-8-10-20(18(4)12-15)22-23(30-14-19-6-5-11-29-19)25(28)26(24(22)27)21-13-16(2)7-9-17(21)3/h5-13H,14H2,1-4H3. The summed E-state index contributed by atoms with van der Waals surface area (Å²) < 4.78 is 5.43. The van der Waals surface area contributed by atoms with Crippen molar-refractivity contribution >= 4 is 34.8 Å². The van der Waals surface area contributed by atoms with Gasteiger partial charge in [-0.2, -0.15) is 0 Å². The van der Waals surface area contributed by atoms with Crippen LogP contribution in [0.25, 0.3) is 5.57 Å². The van der Waals surface area contributed by atoms with Crippen molar-refractivity contribution in [1.82, 2.24) is 0 Å². The molecule has 0 aliphatic carbocycles. The van der Waals surface area contributed by atoms with Gasteiger partial charge in [0.2, 0.25) is 0 Å². The third-order valence-electron chi connectivity index (χ3n) is 5.24. The van der Waals surface area contributed by atoms with E-state index in [0.717, 1.165) is 33.6 Å². The summed E-state index contributed by atoms with van der Waals surface area (Å²) in [5.74, 6) is 0.692. The highest BCUT2D eigenvalue weighted by atomic mass is 32.2. The third kappa shape index (κ3) is 3.61. The molecule has 3 aromatic rings. The largest absolute Gasteiger partial charge is 0.468 e. The van der Waals surface area contributed by atoms with Crippen molar-refractivity contribution in [3.05, 3.63) is 93.3 Å². The van der Waals surface area contributed by atoms with Crippen molar-refractivity contribution in [1.29, 1.82) is 0 Å². The third-order valence-corrected chi connectivity index (χ3v) is 6.33. The molecule has 0 unspecified atom stereocenters. The van der Waals surface area contributed by atoms with E-state index < -0.39 is 0 Å². The van der Waals surface area contributed by atoms with Gasteiger partial charge in [0.15, 0.2) is 0 Å². The van der Waals surface area contributed by atoms with Crippen molar-refractivity contribution in [2.45, 2.75) is 33.4 Å². The van der Waals surface area contributed by atoms with E-state index in [0.29, 0.717) is 21.9 Å². The van der Waals surface area contributed by atoms with Gasteiger partial charge in [0.25, 0.3) is 11.8 Å². The average molecular weight is 418 g/mol. The molecule has 2 aromatic carbocycles. The fourth-order valence-corrected chi connectivity index (χ4v) is 4.70. The molecule has 2 heterocycles. The van der Waals surface area contributed by atoms with Gasteiger partial charge >= 0.3 is 0 Å². The second kappa shape index (κ2) is 8.00. The van der Waals surface area contributed by atoms with Gasteiger partial charge in [-0.3, -0.25) is 9.59 Å². The number of hydrogen-bond acceptors (Lipinski definition) is 4. The van der Waals surface area contributed by atoms with E-state index in [2.05, 4.69) is 0 Å². The summed E-state index contributed by atoms with van der Waals surface area (Å²) >= 11 is 1.35. The van der Waals surface area contributed by atoms with Crippen LogP contribution < -0.4 is 4.90 Å². The Morgan fingerprint density at radius 2 is 1.60 bits per heavy atom. The number of amides is 2. The molecule has 152 valence electrons. The molecule has 0 atom stereocenters. The smallest absolute Gasteiger partial charge is 0.272 e. The van der Waals surface area contributed by atoms with Crippen LogP contribution in [-0.2, 0) is 15.3 Å². The first kappa shape index (κ1) is 20.2. The molecule has 0 saturated heterocycles. The Labute approximate surface area is 180 Å². The number of benzene rings is 2. The molecule has 0 bridgehead atoms. The van der Waals surface area contributed by atoms with E-state index in [-0.39, 0.29) is 11.8 Å². The average Bonchev–Trinajstić information content (AvgIpc) is 3.29. The SMILES string of the molecule is Cc1ccc(C2=C(SCc3ccco3)C(=O)N(c3cc(C)ccc3C)C2=O)c(C)c1. The summed E-state index contributed by atoms with van der Waals surface area (Å²) in [5, 5.41) is 0. The molecule has 0 N–H and O–H groups in total. The fraction of sp³-hybridized carbons (Fsp3) is 0.200. The van der Waals surface area contributed by atoms with Gasteiger partial charge < -0.3 is 4.42 Å². The number of nitrogens with zero attached hydrogens (tertiary/aromatic N) is 1.